The maximum atomic E-state index is 12.1. The molecule has 2 amide bonds. The van der Waals surface area contributed by atoms with Crippen LogP contribution in [0.5, 0.6) is 0 Å². The van der Waals surface area contributed by atoms with Gasteiger partial charge in [0.05, 0.1) is 17.5 Å². The molecular weight excluding hydrogens is 270 g/mol. The van der Waals surface area contributed by atoms with Crippen LogP contribution in [0.3, 0.4) is 0 Å². The number of carbonyl (C=O) groups is 3. The van der Waals surface area contributed by atoms with Crippen molar-refractivity contribution in [1.29, 1.82) is 0 Å². The number of hydrogen-bond acceptors (Lipinski definition) is 4. The lowest BCUT2D eigenvalue weighted by Crippen LogP contribution is -2.33. The first-order valence-corrected chi connectivity index (χ1v) is 7.14. The molecule has 5 heteroatoms. The zero-order chi connectivity index (χ0) is 15.6. The molecule has 1 unspecified atom stereocenters. The monoisotopic (exact) mass is 289 g/mol. The van der Waals surface area contributed by atoms with E-state index in [0.29, 0.717) is 11.0 Å². The van der Waals surface area contributed by atoms with Crippen molar-refractivity contribution in [3.05, 3.63) is 35.4 Å². The number of fused-ring (bicyclic) bond motifs is 1. The first-order chi connectivity index (χ1) is 9.95. The van der Waals surface area contributed by atoms with Crippen molar-refractivity contribution in [1.82, 2.24) is 5.06 Å². The second kappa shape index (κ2) is 6.08. The topological polar surface area (TPSA) is 63.7 Å². The van der Waals surface area contributed by atoms with Crippen LogP contribution in [0.1, 0.15) is 54.3 Å². The SMILES string of the molecule is CCC(CC(=O)ON1C(=O)c2ccccc2C1=O)C(C)C. The van der Waals surface area contributed by atoms with Crippen molar-refractivity contribution < 1.29 is 19.2 Å². The third-order valence-corrected chi connectivity index (χ3v) is 3.85. The van der Waals surface area contributed by atoms with Gasteiger partial charge in [-0.05, 0) is 24.0 Å². The molecule has 0 bridgehead atoms. The summed E-state index contributed by atoms with van der Waals surface area (Å²) in [6.07, 6.45) is 1.04. The van der Waals surface area contributed by atoms with Gasteiger partial charge in [-0.3, -0.25) is 9.59 Å². The van der Waals surface area contributed by atoms with Gasteiger partial charge in [0.15, 0.2) is 0 Å². The molecule has 0 saturated heterocycles. The van der Waals surface area contributed by atoms with Gasteiger partial charge in [-0.15, -0.1) is 0 Å². The molecule has 0 aliphatic carbocycles. The fourth-order valence-electron chi connectivity index (χ4n) is 2.45. The van der Waals surface area contributed by atoms with Crippen molar-refractivity contribution in [3.8, 4) is 0 Å². The Bertz CT molecular complexity index is 544. The molecule has 0 fully saturated rings. The summed E-state index contributed by atoms with van der Waals surface area (Å²) in [5, 5.41) is 0.569. The maximum Gasteiger partial charge on any atom is 0.333 e. The average Bonchev–Trinajstić information content (AvgIpc) is 2.70. The van der Waals surface area contributed by atoms with Crippen molar-refractivity contribution >= 4 is 17.8 Å². The predicted molar refractivity (Wildman–Crippen MR) is 76.3 cm³/mol. The molecule has 1 aliphatic heterocycles. The number of imide groups is 1. The van der Waals surface area contributed by atoms with E-state index in [1.165, 1.54) is 0 Å². The molecule has 0 radical (unpaired) electrons. The van der Waals surface area contributed by atoms with Crippen LogP contribution in [0.2, 0.25) is 0 Å². The maximum absolute atomic E-state index is 12.1. The number of rotatable bonds is 5. The van der Waals surface area contributed by atoms with Crippen LogP contribution in [0.25, 0.3) is 0 Å². The first kappa shape index (κ1) is 15.2. The predicted octanol–water partition coefficient (Wildman–Crippen LogP) is 2.81. The van der Waals surface area contributed by atoms with Crippen LogP contribution in [0.4, 0.5) is 0 Å². The van der Waals surface area contributed by atoms with Crippen molar-refractivity contribution in [2.24, 2.45) is 11.8 Å². The fourth-order valence-corrected chi connectivity index (χ4v) is 2.45. The summed E-state index contributed by atoms with van der Waals surface area (Å²) in [6, 6.07) is 6.43. The Morgan fingerprint density at radius 1 is 1.14 bits per heavy atom. The van der Waals surface area contributed by atoms with Gasteiger partial charge < -0.3 is 4.84 Å². The van der Waals surface area contributed by atoms with Crippen LogP contribution < -0.4 is 0 Å². The normalized spacial score (nSPS) is 15.3. The van der Waals surface area contributed by atoms with E-state index in [2.05, 4.69) is 0 Å². The van der Waals surface area contributed by atoms with Gasteiger partial charge in [0.2, 0.25) is 0 Å². The van der Waals surface area contributed by atoms with Crippen LogP contribution in [0.15, 0.2) is 24.3 Å². The molecule has 21 heavy (non-hydrogen) atoms. The minimum atomic E-state index is -0.582. The van der Waals surface area contributed by atoms with Gasteiger partial charge in [0, 0.05) is 0 Å². The number of carbonyl (C=O) groups excluding carboxylic acids is 3. The highest BCUT2D eigenvalue weighted by Gasteiger charge is 2.38. The van der Waals surface area contributed by atoms with Gasteiger partial charge in [-0.25, -0.2) is 4.79 Å². The quantitative estimate of drug-likeness (QED) is 0.782. The molecule has 2 rings (SSSR count). The van der Waals surface area contributed by atoms with Gasteiger partial charge in [0.25, 0.3) is 11.8 Å². The average molecular weight is 289 g/mol. The Balaban J connectivity index is 2.07. The third-order valence-electron chi connectivity index (χ3n) is 3.85. The molecule has 0 spiro atoms. The van der Waals surface area contributed by atoms with Gasteiger partial charge in [-0.1, -0.05) is 44.4 Å². The standard InChI is InChI=1S/C16H19NO4/c1-4-11(10(2)3)9-14(18)21-17-15(19)12-7-5-6-8-13(12)16(17)20/h5-8,10-11H,4,9H2,1-3H3. The van der Waals surface area contributed by atoms with Gasteiger partial charge >= 0.3 is 5.97 Å². The van der Waals surface area contributed by atoms with E-state index in [1.807, 2.05) is 20.8 Å². The number of hydroxylamine groups is 2. The molecule has 0 saturated carbocycles. The Morgan fingerprint density at radius 3 is 2.10 bits per heavy atom. The summed E-state index contributed by atoms with van der Waals surface area (Å²) in [7, 11) is 0. The molecule has 0 N–H and O–H groups in total. The Morgan fingerprint density at radius 2 is 1.67 bits per heavy atom. The smallest absolute Gasteiger partial charge is 0.330 e. The second-order valence-corrected chi connectivity index (χ2v) is 5.53. The molecule has 1 aromatic rings. The molecule has 1 atom stereocenters. The minimum absolute atomic E-state index is 0.174. The van der Waals surface area contributed by atoms with Gasteiger partial charge in [-0.2, -0.15) is 0 Å². The van der Waals surface area contributed by atoms with E-state index in [4.69, 9.17) is 4.84 Å². The summed E-state index contributed by atoms with van der Waals surface area (Å²) in [5.41, 5.74) is 0.539. The molecule has 5 nitrogen and oxygen atoms in total. The van der Waals surface area contributed by atoms with E-state index in [9.17, 15) is 14.4 Å². The number of amides is 2. The van der Waals surface area contributed by atoms with Crippen molar-refractivity contribution in [3.63, 3.8) is 0 Å². The number of hydrogen-bond donors (Lipinski definition) is 0. The van der Waals surface area contributed by atoms with Gasteiger partial charge in [0.1, 0.15) is 0 Å². The van der Waals surface area contributed by atoms with Crippen LogP contribution in [0, 0.1) is 11.8 Å². The highest BCUT2D eigenvalue weighted by molar-refractivity contribution is 6.20. The largest absolute Gasteiger partial charge is 0.333 e. The first-order valence-electron chi connectivity index (χ1n) is 7.14. The molecular formula is C16H19NO4. The Kier molecular flexibility index (Phi) is 4.40. The van der Waals surface area contributed by atoms with Crippen LogP contribution in [-0.2, 0) is 9.63 Å². The zero-order valence-electron chi connectivity index (χ0n) is 12.5. The lowest BCUT2D eigenvalue weighted by atomic mass is 9.90. The lowest BCUT2D eigenvalue weighted by molar-refractivity contribution is -0.170. The summed E-state index contributed by atoms with van der Waals surface area (Å²) in [6.45, 7) is 6.06. The highest BCUT2D eigenvalue weighted by Crippen LogP contribution is 2.24. The number of benzene rings is 1. The molecule has 1 aromatic carbocycles. The summed E-state index contributed by atoms with van der Waals surface area (Å²) in [5.74, 6) is -1.20. The lowest BCUT2D eigenvalue weighted by Gasteiger charge is -2.19. The van der Waals surface area contributed by atoms with Crippen molar-refractivity contribution in [2.45, 2.75) is 33.6 Å². The summed E-state index contributed by atoms with van der Waals surface area (Å²) in [4.78, 5) is 41.1. The Hall–Kier alpha value is -2.17. The van der Waals surface area contributed by atoms with E-state index in [1.54, 1.807) is 24.3 Å². The summed E-state index contributed by atoms with van der Waals surface area (Å²) < 4.78 is 0. The van der Waals surface area contributed by atoms with Crippen LogP contribution >= 0.6 is 0 Å². The zero-order valence-corrected chi connectivity index (χ0v) is 12.5. The van der Waals surface area contributed by atoms with Crippen molar-refractivity contribution in [2.75, 3.05) is 0 Å². The van der Waals surface area contributed by atoms with E-state index < -0.39 is 17.8 Å². The minimum Gasteiger partial charge on any atom is -0.330 e. The second-order valence-electron chi connectivity index (χ2n) is 5.53. The molecule has 112 valence electrons. The van der Waals surface area contributed by atoms with Crippen LogP contribution in [-0.4, -0.2) is 22.8 Å². The van der Waals surface area contributed by atoms with E-state index in [-0.39, 0.29) is 23.5 Å². The van der Waals surface area contributed by atoms with E-state index >= 15 is 0 Å². The molecule has 0 aromatic heterocycles. The van der Waals surface area contributed by atoms with E-state index in [0.717, 1.165) is 6.42 Å². The fraction of sp³-hybridized carbons (Fsp3) is 0.438. The Labute approximate surface area is 123 Å². The summed E-state index contributed by atoms with van der Waals surface area (Å²) >= 11 is 0. The molecule has 1 aliphatic rings. The number of nitrogens with zero attached hydrogens (tertiary/aromatic N) is 1. The third kappa shape index (κ3) is 2.96. The highest BCUT2D eigenvalue weighted by atomic mass is 16.7. The molecule has 1 heterocycles.